The number of hydrogen-bond donors (Lipinski definition) is 1. The molecule has 1 unspecified atom stereocenters. The van der Waals surface area contributed by atoms with Crippen molar-refractivity contribution in [2.24, 2.45) is 0 Å². The molecule has 72 valence electrons. The van der Waals surface area contributed by atoms with Crippen molar-refractivity contribution in [1.29, 1.82) is 0 Å². The van der Waals surface area contributed by atoms with Gasteiger partial charge in [-0.1, -0.05) is 0 Å². The fraction of sp³-hybridized carbons (Fsp3) is 0.250. The minimum absolute atomic E-state index is 0.356. The molecule has 13 heavy (non-hydrogen) atoms. The van der Waals surface area contributed by atoms with Gasteiger partial charge in [-0.2, -0.15) is 0 Å². The van der Waals surface area contributed by atoms with Crippen LogP contribution in [0, 0.1) is 0 Å². The Morgan fingerprint density at radius 2 is 1.69 bits per heavy atom. The van der Waals surface area contributed by atoms with E-state index < -0.39 is 7.60 Å². The van der Waals surface area contributed by atoms with Crippen LogP contribution in [0.3, 0.4) is 0 Å². The van der Waals surface area contributed by atoms with Gasteiger partial charge >= 0.3 is 7.60 Å². The van der Waals surface area contributed by atoms with Crippen LogP contribution in [-0.2, 0) is 4.57 Å². The molecule has 1 N–H and O–H groups in total. The summed E-state index contributed by atoms with van der Waals surface area (Å²) in [6, 6.07) is 6.46. The molecule has 0 aliphatic rings. The zero-order chi connectivity index (χ0) is 9.90. The normalized spacial score (nSPS) is 14.7. The zero-order valence-corrected chi connectivity index (χ0v) is 8.32. The lowest BCUT2D eigenvalue weighted by Crippen LogP contribution is -1.89. The van der Waals surface area contributed by atoms with Crippen molar-refractivity contribution in [2.45, 2.75) is 0 Å². The highest BCUT2D eigenvalue weighted by Gasteiger charge is 2.11. The summed E-state index contributed by atoms with van der Waals surface area (Å²) in [5.74, 6) is 1.03. The van der Waals surface area contributed by atoms with Gasteiger partial charge in [0.2, 0.25) is 0 Å². The van der Waals surface area contributed by atoms with Crippen molar-refractivity contribution in [3.63, 3.8) is 0 Å². The highest BCUT2D eigenvalue weighted by Crippen LogP contribution is 2.38. The van der Waals surface area contributed by atoms with Gasteiger partial charge in [0.15, 0.2) is 0 Å². The van der Waals surface area contributed by atoms with Gasteiger partial charge in [-0.25, -0.2) is 4.57 Å². The Kier molecular flexibility index (Phi) is 2.96. The van der Waals surface area contributed by atoms with Gasteiger partial charge in [-0.15, -0.1) is 0 Å². The van der Waals surface area contributed by atoms with E-state index in [4.69, 9.17) is 14.2 Å². The fourth-order valence-electron chi connectivity index (χ4n) is 0.832. The first kappa shape index (κ1) is 10.1. The minimum atomic E-state index is -3.45. The van der Waals surface area contributed by atoms with Gasteiger partial charge in [0, 0.05) is 6.66 Å². The number of ether oxygens (including phenoxy) is 1. The number of rotatable bonds is 3. The van der Waals surface area contributed by atoms with Gasteiger partial charge < -0.3 is 14.2 Å². The third kappa shape index (κ3) is 3.49. The lowest BCUT2D eigenvalue weighted by Gasteiger charge is -2.08. The van der Waals surface area contributed by atoms with Crippen LogP contribution in [0.5, 0.6) is 11.5 Å². The Balaban J connectivity index is 2.76. The van der Waals surface area contributed by atoms with E-state index >= 15 is 0 Å². The number of hydrogen-bond acceptors (Lipinski definition) is 3. The second-order valence-corrected chi connectivity index (χ2v) is 4.36. The van der Waals surface area contributed by atoms with Crippen LogP contribution in [0.1, 0.15) is 0 Å². The molecule has 1 aromatic rings. The fourth-order valence-corrected chi connectivity index (χ4v) is 1.35. The SMILES string of the molecule is COc1ccc(OP(C)(=O)O)cc1. The van der Waals surface area contributed by atoms with E-state index in [1.54, 1.807) is 31.4 Å². The first-order valence-corrected chi connectivity index (χ1v) is 5.67. The summed E-state index contributed by atoms with van der Waals surface area (Å²) < 4.78 is 20.5. The largest absolute Gasteiger partial charge is 0.497 e. The van der Waals surface area contributed by atoms with Gasteiger partial charge in [-0.3, -0.25) is 0 Å². The smallest absolute Gasteiger partial charge is 0.373 e. The highest BCUT2D eigenvalue weighted by molar-refractivity contribution is 7.52. The van der Waals surface area contributed by atoms with E-state index in [0.717, 1.165) is 6.66 Å². The van der Waals surface area contributed by atoms with Crippen LogP contribution in [0.4, 0.5) is 0 Å². The maximum Gasteiger partial charge on any atom is 0.373 e. The van der Waals surface area contributed by atoms with Crippen LogP contribution in [0.25, 0.3) is 0 Å². The lowest BCUT2D eigenvalue weighted by molar-refractivity contribution is 0.386. The Hall–Kier alpha value is -0.990. The van der Waals surface area contributed by atoms with Gasteiger partial charge in [-0.05, 0) is 24.3 Å². The number of methoxy groups -OCH3 is 1. The van der Waals surface area contributed by atoms with Crippen molar-refractivity contribution in [1.82, 2.24) is 0 Å². The molecule has 0 amide bonds. The molecule has 0 heterocycles. The summed E-state index contributed by atoms with van der Waals surface area (Å²) in [5, 5.41) is 0. The monoisotopic (exact) mass is 202 g/mol. The van der Waals surface area contributed by atoms with E-state index in [0.29, 0.717) is 11.5 Å². The van der Waals surface area contributed by atoms with Crippen LogP contribution >= 0.6 is 7.60 Å². The van der Waals surface area contributed by atoms with Crippen molar-refractivity contribution in [2.75, 3.05) is 13.8 Å². The first-order chi connectivity index (χ1) is 6.01. The van der Waals surface area contributed by atoms with E-state index in [-0.39, 0.29) is 0 Å². The Morgan fingerprint density at radius 3 is 2.08 bits per heavy atom. The third-order valence-electron chi connectivity index (χ3n) is 1.33. The predicted octanol–water partition coefficient (Wildman–Crippen LogP) is 1.89. The average Bonchev–Trinajstić information content (AvgIpc) is 2.03. The summed E-state index contributed by atoms with van der Waals surface area (Å²) in [6.07, 6.45) is 0. The van der Waals surface area contributed by atoms with E-state index in [9.17, 15) is 4.57 Å². The molecule has 0 aromatic heterocycles. The summed E-state index contributed by atoms with van der Waals surface area (Å²) in [5.41, 5.74) is 0. The second-order valence-electron chi connectivity index (χ2n) is 2.57. The molecule has 1 atom stereocenters. The van der Waals surface area contributed by atoms with Crippen LogP contribution in [0.15, 0.2) is 24.3 Å². The molecule has 0 fully saturated rings. The van der Waals surface area contributed by atoms with Crippen molar-refractivity contribution in [3.8, 4) is 11.5 Å². The second kappa shape index (κ2) is 3.81. The highest BCUT2D eigenvalue weighted by atomic mass is 31.2. The quantitative estimate of drug-likeness (QED) is 0.760. The zero-order valence-electron chi connectivity index (χ0n) is 7.43. The minimum Gasteiger partial charge on any atom is -0.497 e. The van der Waals surface area contributed by atoms with E-state index in [2.05, 4.69) is 0 Å². The lowest BCUT2D eigenvalue weighted by atomic mass is 10.3. The maximum absolute atomic E-state index is 10.8. The molecular formula is C8H11O4P. The summed E-state index contributed by atoms with van der Waals surface area (Å²) >= 11 is 0. The summed E-state index contributed by atoms with van der Waals surface area (Å²) in [7, 11) is -1.90. The maximum atomic E-state index is 10.8. The molecule has 0 aliphatic heterocycles. The van der Waals surface area contributed by atoms with Gasteiger partial charge in [0.05, 0.1) is 7.11 Å². The molecule has 5 heteroatoms. The van der Waals surface area contributed by atoms with E-state index in [1.807, 2.05) is 0 Å². The van der Waals surface area contributed by atoms with Gasteiger partial charge in [0.1, 0.15) is 11.5 Å². The average molecular weight is 202 g/mol. The predicted molar refractivity (Wildman–Crippen MR) is 49.4 cm³/mol. The Morgan fingerprint density at radius 1 is 1.23 bits per heavy atom. The standard InChI is InChI=1S/C8H11O4P/c1-11-7-3-5-8(6-4-7)12-13(2,9)10/h3-6H,1-2H3,(H,9,10). The topological polar surface area (TPSA) is 55.8 Å². The molecule has 1 aromatic carbocycles. The summed E-state index contributed by atoms with van der Waals surface area (Å²) in [6.45, 7) is 1.14. The van der Waals surface area contributed by atoms with E-state index in [1.165, 1.54) is 0 Å². The summed E-state index contributed by atoms with van der Waals surface area (Å²) in [4.78, 5) is 8.90. The molecule has 0 saturated heterocycles. The van der Waals surface area contributed by atoms with Gasteiger partial charge in [0.25, 0.3) is 0 Å². The number of benzene rings is 1. The third-order valence-corrected chi connectivity index (χ3v) is 1.88. The Bertz CT molecular complexity index is 313. The van der Waals surface area contributed by atoms with Crippen LogP contribution < -0.4 is 9.26 Å². The Labute approximate surface area is 76.6 Å². The molecule has 0 bridgehead atoms. The molecule has 1 rings (SSSR count). The first-order valence-electron chi connectivity index (χ1n) is 3.65. The molecule has 0 saturated carbocycles. The van der Waals surface area contributed by atoms with Crippen LogP contribution in [-0.4, -0.2) is 18.7 Å². The van der Waals surface area contributed by atoms with Crippen molar-refractivity contribution in [3.05, 3.63) is 24.3 Å². The molecular weight excluding hydrogens is 191 g/mol. The molecule has 0 aliphatic carbocycles. The molecule has 4 nitrogen and oxygen atoms in total. The van der Waals surface area contributed by atoms with Crippen LogP contribution in [0.2, 0.25) is 0 Å². The molecule has 0 radical (unpaired) electrons. The molecule has 0 spiro atoms. The van der Waals surface area contributed by atoms with Crippen molar-refractivity contribution < 1.29 is 18.7 Å². The van der Waals surface area contributed by atoms with Crippen molar-refractivity contribution >= 4 is 7.60 Å².